The summed E-state index contributed by atoms with van der Waals surface area (Å²) in [5.74, 6) is 0. The van der Waals surface area contributed by atoms with Crippen LogP contribution in [0.2, 0.25) is 0 Å². The van der Waals surface area contributed by atoms with E-state index in [0.717, 1.165) is 16.9 Å². The van der Waals surface area contributed by atoms with E-state index in [0.29, 0.717) is 13.1 Å². The van der Waals surface area contributed by atoms with Crippen LogP contribution in [-0.2, 0) is 0 Å². The van der Waals surface area contributed by atoms with Gasteiger partial charge in [-0.15, -0.1) is 0 Å². The van der Waals surface area contributed by atoms with Crippen LogP contribution in [0.3, 0.4) is 0 Å². The number of hydrogen-bond donors (Lipinski definition) is 3. The van der Waals surface area contributed by atoms with Gasteiger partial charge in [-0.25, -0.2) is 0 Å². The van der Waals surface area contributed by atoms with Gasteiger partial charge in [0.2, 0.25) is 0 Å². The van der Waals surface area contributed by atoms with Crippen LogP contribution in [0, 0.1) is 6.92 Å². The molecule has 0 aromatic heterocycles. The molecule has 4 N–H and O–H groups in total. The number of nitrogens with two attached hydrogens (primary N) is 1. The van der Waals surface area contributed by atoms with Crippen molar-refractivity contribution < 1.29 is 10.2 Å². The SMILES string of the molecule is Cc1ccc(N2CC(O)C(O)C2)cc1N. The summed E-state index contributed by atoms with van der Waals surface area (Å²) in [6.07, 6.45) is -1.32. The van der Waals surface area contributed by atoms with Crippen LogP contribution in [0.1, 0.15) is 5.56 Å². The fourth-order valence-corrected chi connectivity index (χ4v) is 1.80. The minimum absolute atomic E-state index is 0.462. The van der Waals surface area contributed by atoms with Gasteiger partial charge in [0.05, 0.1) is 12.2 Å². The Morgan fingerprint density at radius 1 is 1.27 bits per heavy atom. The Hall–Kier alpha value is -1.26. The Bertz CT molecular complexity index is 358. The Morgan fingerprint density at radius 2 is 1.87 bits per heavy atom. The van der Waals surface area contributed by atoms with E-state index in [1.165, 1.54) is 0 Å². The van der Waals surface area contributed by atoms with Gasteiger partial charge >= 0.3 is 0 Å². The minimum atomic E-state index is -0.660. The van der Waals surface area contributed by atoms with Crippen molar-refractivity contribution in [3.05, 3.63) is 23.8 Å². The number of nitrogens with zero attached hydrogens (tertiary/aromatic N) is 1. The first-order valence-corrected chi connectivity index (χ1v) is 5.05. The van der Waals surface area contributed by atoms with E-state index in [1.54, 1.807) is 0 Å². The second-order valence-electron chi connectivity index (χ2n) is 4.08. The van der Waals surface area contributed by atoms with E-state index in [2.05, 4.69) is 0 Å². The summed E-state index contributed by atoms with van der Waals surface area (Å²) in [6, 6.07) is 5.78. The molecule has 1 saturated heterocycles. The molecule has 2 unspecified atom stereocenters. The summed E-state index contributed by atoms with van der Waals surface area (Å²) >= 11 is 0. The lowest BCUT2D eigenvalue weighted by Crippen LogP contribution is -2.22. The van der Waals surface area contributed by atoms with E-state index in [1.807, 2.05) is 30.0 Å². The third-order valence-corrected chi connectivity index (χ3v) is 2.89. The van der Waals surface area contributed by atoms with Gasteiger partial charge in [0.15, 0.2) is 0 Å². The number of benzene rings is 1. The topological polar surface area (TPSA) is 69.7 Å². The number of β-amino-alcohol motifs (C(OH)–C–C–N with tert-alkyl or cyclic N) is 2. The summed E-state index contributed by atoms with van der Waals surface area (Å²) < 4.78 is 0. The molecule has 1 aliphatic rings. The number of nitrogen functional groups attached to an aromatic ring is 1. The minimum Gasteiger partial charge on any atom is -0.398 e. The van der Waals surface area contributed by atoms with Gasteiger partial charge in [-0.2, -0.15) is 0 Å². The van der Waals surface area contributed by atoms with Crippen LogP contribution >= 0.6 is 0 Å². The van der Waals surface area contributed by atoms with Crippen LogP contribution in [0.25, 0.3) is 0 Å². The predicted molar refractivity (Wildman–Crippen MR) is 59.8 cm³/mol. The maximum Gasteiger partial charge on any atom is 0.0990 e. The molecular formula is C11H16N2O2. The zero-order chi connectivity index (χ0) is 11.0. The predicted octanol–water partition coefficient (Wildman–Crippen LogP) is 0.119. The fraction of sp³-hybridized carbons (Fsp3) is 0.455. The zero-order valence-electron chi connectivity index (χ0n) is 8.72. The van der Waals surface area contributed by atoms with Crippen molar-refractivity contribution in [1.82, 2.24) is 0 Å². The summed E-state index contributed by atoms with van der Waals surface area (Å²) in [5.41, 5.74) is 8.54. The van der Waals surface area contributed by atoms with Crippen molar-refractivity contribution in [1.29, 1.82) is 0 Å². The lowest BCUT2D eigenvalue weighted by atomic mass is 10.2. The standard InChI is InChI=1S/C11H16N2O2/c1-7-2-3-8(4-9(7)12)13-5-10(14)11(15)6-13/h2-4,10-11,14-15H,5-6,12H2,1H3. The average Bonchev–Trinajstić information content (AvgIpc) is 2.52. The smallest absolute Gasteiger partial charge is 0.0990 e. The molecule has 4 nitrogen and oxygen atoms in total. The number of hydrogen-bond acceptors (Lipinski definition) is 4. The van der Waals surface area contributed by atoms with E-state index in [4.69, 9.17) is 5.73 Å². The zero-order valence-corrected chi connectivity index (χ0v) is 8.72. The molecular weight excluding hydrogens is 192 g/mol. The third kappa shape index (κ3) is 1.91. The highest BCUT2D eigenvalue weighted by Crippen LogP contribution is 2.24. The molecule has 0 aliphatic carbocycles. The van der Waals surface area contributed by atoms with E-state index >= 15 is 0 Å². The molecule has 1 fully saturated rings. The quantitative estimate of drug-likeness (QED) is 0.573. The van der Waals surface area contributed by atoms with Crippen LogP contribution in [0.15, 0.2) is 18.2 Å². The molecule has 1 aromatic carbocycles. The molecule has 1 aliphatic heterocycles. The maximum absolute atomic E-state index is 9.43. The number of aryl methyl sites for hydroxylation is 1. The van der Waals surface area contributed by atoms with Gasteiger partial charge < -0.3 is 20.8 Å². The number of aliphatic hydroxyl groups excluding tert-OH is 2. The van der Waals surface area contributed by atoms with Crippen LogP contribution < -0.4 is 10.6 Å². The molecule has 2 atom stereocenters. The van der Waals surface area contributed by atoms with E-state index in [9.17, 15) is 10.2 Å². The summed E-state index contributed by atoms with van der Waals surface area (Å²) in [7, 11) is 0. The van der Waals surface area contributed by atoms with Gasteiger partial charge in [0.1, 0.15) is 0 Å². The number of anilines is 2. The molecule has 0 saturated carbocycles. The van der Waals surface area contributed by atoms with Crippen LogP contribution in [-0.4, -0.2) is 35.5 Å². The lowest BCUT2D eigenvalue weighted by molar-refractivity contribution is 0.0572. The Kier molecular flexibility index (Phi) is 2.54. The highest BCUT2D eigenvalue weighted by Gasteiger charge is 2.29. The van der Waals surface area contributed by atoms with Gasteiger partial charge in [-0.1, -0.05) is 6.07 Å². The van der Waals surface area contributed by atoms with Gasteiger partial charge in [-0.05, 0) is 24.6 Å². The number of rotatable bonds is 1. The molecule has 0 bridgehead atoms. The summed E-state index contributed by atoms with van der Waals surface area (Å²) in [6.45, 7) is 2.88. The summed E-state index contributed by atoms with van der Waals surface area (Å²) in [4.78, 5) is 1.94. The van der Waals surface area contributed by atoms with E-state index < -0.39 is 12.2 Å². The Morgan fingerprint density at radius 3 is 2.40 bits per heavy atom. The highest BCUT2D eigenvalue weighted by atomic mass is 16.3. The van der Waals surface area contributed by atoms with E-state index in [-0.39, 0.29) is 0 Å². The third-order valence-electron chi connectivity index (χ3n) is 2.89. The van der Waals surface area contributed by atoms with Crippen molar-refractivity contribution in [2.75, 3.05) is 23.7 Å². The van der Waals surface area contributed by atoms with Crippen LogP contribution in [0.5, 0.6) is 0 Å². The molecule has 4 heteroatoms. The van der Waals surface area contributed by atoms with Crippen molar-refractivity contribution in [3.63, 3.8) is 0 Å². The maximum atomic E-state index is 9.43. The molecule has 0 amide bonds. The van der Waals surface area contributed by atoms with Crippen LogP contribution in [0.4, 0.5) is 11.4 Å². The van der Waals surface area contributed by atoms with Gasteiger partial charge in [0, 0.05) is 24.5 Å². The second kappa shape index (κ2) is 3.72. The van der Waals surface area contributed by atoms with Crippen molar-refractivity contribution >= 4 is 11.4 Å². The molecule has 82 valence electrons. The van der Waals surface area contributed by atoms with Gasteiger partial charge in [0.25, 0.3) is 0 Å². The highest BCUT2D eigenvalue weighted by molar-refractivity contribution is 5.60. The second-order valence-corrected chi connectivity index (χ2v) is 4.08. The van der Waals surface area contributed by atoms with Crippen molar-refractivity contribution in [2.24, 2.45) is 0 Å². The monoisotopic (exact) mass is 208 g/mol. The number of aliphatic hydroxyl groups is 2. The Labute approximate surface area is 88.9 Å². The van der Waals surface area contributed by atoms with Gasteiger partial charge in [-0.3, -0.25) is 0 Å². The first-order valence-electron chi connectivity index (χ1n) is 5.05. The first-order chi connectivity index (χ1) is 7.08. The molecule has 15 heavy (non-hydrogen) atoms. The molecule has 0 radical (unpaired) electrons. The average molecular weight is 208 g/mol. The lowest BCUT2D eigenvalue weighted by Gasteiger charge is -2.18. The normalized spacial score (nSPS) is 25.9. The molecule has 0 spiro atoms. The molecule has 1 aromatic rings. The summed E-state index contributed by atoms with van der Waals surface area (Å²) in [5, 5.41) is 18.9. The fourth-order valence-electron chi connectivity index (χ4n) is 1.80. The Balaban J connectivity index is 2.20. The van der Waals surface area contributed by atoms with Crippen molar-refractivity contribution in [3.8, 4) is 0 Å². The molecule has 2 rings (SSSR count). The molecule has 1 heterocycles. The van der Waals surface area contributed by atoms with Crippen molar-refractivity contribution in [2.45, 2.75) is 19.1 Å². The largest absolute Gasteiger partial charge is 0.398 e. The first kappa shape index (κ1) is 10.3.